The maximum Gasteiger partial charge on any atom is 0.267 e. The van der Waals surface area contributed by atoms with Crippen LogP contribution in [0.4, 0.5) is 5.69 Å². The number of ether oxygens (including phenoxy) is 1. The molecule has 5 nitrogen and oxygen atoms in total. The van der Waals surface area contributed by atoms with E-state index in [1.165, 1.54) is 11.1 Å². The number of benzene rings is 2. The van der Waals surface area contributed by atoms with Crippen LogP contribution >= 0.6 is 0 Å². The Morgan fingerprint density at radius 3 is 2.67 bits per heavy atom. The number of nitrogens with zero attached hydrogens (tertiary/aromatic N) is 2. The largest absolute Gasteiger partial charge is 0.479 e. The van der Waals surface area contributed by atoms with Crippen molar-refractivity contribution >= 4 is 17.5 Å². The predicted octanol–water partition coefficient (Wildman–Crippen LogP) is 3.47. The van der Waals surface area contributed by atoms with Crippen molar-refractivity contribution in [1.29, 1.82) is 0 Å². The Kier molecular flexibility index (Phi) is 5.49. The minimum absolute atomic E-state index is 0.0133. The van der Waals surface area contributed by atoms with Crippen LogP contribution in [0.25, 0.3) is 0 Å². The van der Waals surface area contributed by atoms with E-state index < -0.39 is 6.10 Å². The molecule has 0 unspecified atom stereocenters. The van der Waals surface area contributed by atoms with Crippen LogP contribution in [0.2, 0.25) is 0 Å². The van der Waals surface area contributed by atoms with Gasteiger partial charge >= 0.3 is 0 Å². The van der Waals surface area contributed by atoms with Gasteiger partial charge in [-0.05, 0) is 44.0 Å². The van der Waals surface area contributed by atoms with Crippen LogP contribution in [-0.4, -0.2) is 36.4 Å². The number of carbonyl (C=O) groups excluding carboxylic acids is 2. The van der Waals surface area contributed by atoms with Gasteiger partial charge in [0.15, 0.2) is 6.10 Å². The summed E-state index contributed by atoms with van der Waals surface area (Å²) in [7, 11) is 1.80. The molecule has 0 spiro atoms. The first kappa shape index (κ1) is 19.0. The molecule has 0 aliphatic carbocycles. The molecule has 1 heterocycles. The van der Waals surface area contributed by atoms with Crippen LogP contribution in [0.5, 0.6) is 5.75 Å². The molecule has 2 amide bonds. The first-order valence-corrected chi connectivity index (χ1v) is 9.24. The highest BCUT2D eigenvalue weighted by Gasteiger charge is 2.31. The van der Waals surface area contributed by atoms with E-state index in [1.807, 2.05) is 24.3 Å². The highest BCUT2D eigenvalue weighted by molar-refractivity contribution is 6.00. The average molecular weight is 366 g/mol. The van der Waals surface area contributed by atoms with E-state index >= 15 is 0 Å². The molecule has 0 saturated heterocycles. The molecule has 1 aliphatic heterocycles. The van der Waals surface area contributed by atoms with E-state index in [1.54, 1.807) is 23.8 Å². The summed E-state index contributed by atoms with van der Waals surface area (Å²) in [6.07, 6.45) is -0.267. The Balaban J connectivity index is 1.65. The van der Waals surface area contributed by atoms with Crippen LogP contribution in [0.3, 0.4) is 0 Å². The third kappa shape index (κ3) is 4.13. The van der Waals surface area contributed by atoms with Crippen molar-refractivity contribution < 1.29 is 14.3 Å². The quantitative estimate of drug-likeness (QED) is 0.814. The van der Waals surface area contributed by atoms with Crippen LogP contribution in [-0.2, 0) is 16.1 Å². The molecule has 0 saturated carbocycles. The molecule has 0 aromatic heterocycles. The molecule has 5 heteroatoms. The standard InChI is InChI=1S/C22H26N2O3/c1-15-9-10-18(16(2)13-15)14-23(4)21(25)11-12-24-19-7-5-6-8-20(19)27-17(3)22(24)26/h5-10,13,17H,11-12,14H2,1-4H3/t17-/m1/s1. The second-order valence-corrected chi connectivity index (χ2v) is 7.15. The Bertz CT molecular complexity index is 862. The lowest BCUT2D eigenvalue weighted by Gasteiger charge is -2.33. The zero-order chi connectivity index (χ0) is 19.6. The van der Waals surface area contributed by atoms with Crippen molar-refractivity contribution in [2.45, 2.75) is 39.8 Å². The van der Waals surface area contributed by atoms with Crippen LogP contribution in [0, 0.1) is 13.8 Å². The highest BCUT2D eigenvalue weighted by Crippen LogP contribution is 2.33. The summed E-state index contributed by atoms with van der Waals surface area (Å²) in [5.41, 5.74) is 4.26. The third-order valence-electron chi connectivity index (χ3n) is 4.95. The lowest BCUT2D eigenvalue weighted by molar-refractivity contribution is -0.130. The van der Waals surface area contributed by atoms with Gasteiger partial charge in [0.1, 0.15) is 5.75 Å². The van der Waals surface area contributed by atoms with Crippen LogP contribution in [0.1, 0.15) is 30.0 Å². The number of amides is 2. The van der Waals surface area contributed by atoms with Gasteiger partial charge in [0, 0.05) is 26.6 Å². The minimum Gasteiger partial charge on any atom is -0.479 e. The zero-order valence-electron chi connectivity index (χ0n) is 16.4. The fourth-order valence-electron chi connectivity index (χ4n) is 3.35. The fourth-order valence-corrected chi connectivity index (χ4v) is 3.35. The Hall–Kier alpha value is -2.82. The summed E-state index contributed by atoms with van der Waals surface area (Å²) in [5, 5.41) is 0. The topological polar surface area (TPSA) is 49.9 Å². The van der Waals surface area contributed by atoms with Gasteiger partial charge in [-0.3, -0.25) is 9.59 Å². The molecule has 1 atom stereocenters. The van der Waals surface area contributed by atoms with E-state index in [0.717, 1.165) is 11.3 Å². The second kappa shape index (κ2) is 7.82. The van der Waals surface area contributed by atoms with Gasteiger partial charge in [0.05, 0.1) is 5.69 Å². The summed E-state index contributed by atoms with van der Waals surface area (Å²) < 4.78 is 5.64. The third-order valence-corrected chi connectivity index (χ3v) is 4.95. The Morgan fingerprint density at radius 1 is 1.19 bits per heavy atom. The number of aryl methyl sites for hydroxylation is 2. The lowest BCUT2D eigenvalue weighted by Crippen LogP contribution is -2.45. The Morgan fingerprint density at radius 2 is 1.93 bits per heavy atom. The number of carbonyl (C=O) groups is 2. The van der Waals surface area contributed by atoms with Crippen LogP contribution < -0.4 is 9.64 Å². The molecule has 0 N–H and O–H groups in total. The molecular formula is C22H26N2O3. The number of fused-ring (bicyclic) bond motifs is 1. The SMILES string of the molecule is Cc1ccc(CN(C)C(=O)CCN2C(=O)[C@@H](C)Oc3ccccc32)c(C)c1. The van der Waals surface area contributed by atoms with Crippen molar-refractivity contribution in [3.63, 3.8) is 0 Å². The van der Waals surface area contributed by atoms with Gasteiger partial charge in [0.2, 0.25) is 5.91 Å². The van der Waals surface area contributed by atoms with Crippen molar-refractivity contribution in [3.8, 4) is 5.75 Å². The molecule has 2 aromatic carbocycles. The predicted molar refractivity (Wildman–Crippen MR) is 106 cm³/mol. The maximum absolute atomic E-state index is 12.6. The maximum atomic E-state index is 12.6. The Labute approximate surface area is 160 Å². The van der Waals surface area contributed by atoms with Crippen molar-refractivity contribution in [2.24, 2.45) is 0 Å². The van der Waals surface area contributed by atoms with Gasteiger partial charge < -0.3 is 14.5 Å². The van der Waals surface area contributed by atoms with Gasteiger partial charge in [-0.25, -0.2) is 0 Å². The van der Waals surface area contributed by atoms with E-state index in [0.29, 0.717) is 18.8 Å². The van der Waals surface area contributed by atoms with E-state index in [2.05, 4.69) is 32.0 Å². The van der Waals surface area contributed by atoms with E-state index in [9.17, 15) is 9.59 Å². The van der Waals surface area contributed by atoms with Crippen molar-refractivity contribution in [1.82, 2.24) is 4.90 Å². The number of para-hydroxylation sites is 2. The average Bonchev–Trinajstić information content (AvgIpc) is 2.64. The monoisotopic (exact) mass is 366 g/mol. The number of hydrogen-bond acceptors (Lipinski definition) is 3. The number of hydrogen-bond donors (Lipinski definition) is 0. The van der Waals surface area contributed by atoms with Crippen LogP contribution in [0.15, 0.2) is 42.5 Å². The van der Waals surface area contributed by atoms with E-state index in [4.69, 9.17) is 4.74 Å². The summed E-state index contributed by atoms with van der Waals surface area (Å²) in [4.78, 5) is 28.5. The van der Waals surface area contributed by atoms with Gasteiger partial charge in [-0.15, -0.1) is 0 Å². The molecule has 0 bridgehead atoms. The molecular weight excluding hydrogens is 340 g/mol. The van der Waals surface area contributed by atoms with E-state index in [-0.39, 0.29) is 18.2 Å². The normalized spacial score (nSPS) is 15.9. The molecule has 27 heavy (non-hydrogen) atoms. The zero-order valence-corrected chi connectivity index (χ0v) is 16.4. The van der Waals surface area contributed by atoms with Crippen molar-refractivity contribution in [3.05, 3.63) is 59.2 Å². The van der Waals surface area contributed by atoms with Gasteiger partial charge in [-0.1, -0.05) is 35.9 Å². The molecule has 1 aliphatic rings. The molecule has 142 valence electrons. The fraction of sp³-hybridized carbons (Fsp3) is 0.364. The minimum atomic E-state index is -0.539. The first-order chi connectivity index (χ1) is 12.9. The summed E-state index contributed by atoms with van der Waals surface area (Å²) in [6, 6.07) is 13.7. The smallest absolute Gasteiger partial charge is 0.267 e. The second-order valence-electron chi connectivity index (χ2n) is 7.15. The van der Waals surface area contributed by atoms with Crippen molar-refractivity contribution in [2.75, 3.05) is 18.5 Å². The molecule has 0 fully saturated rings. The lowest BCUT2D eigenvalue weighted by atomic mass is 10.1. The number of rotatable bonds is 5. The molecule has 2 aromatic rings. The summed E-state index contributed by atoms with van der Waals surface area (Å²) in [6.45, 7) is 6.77. The van der Waals surface area contributed by atoms with Gasteiger partial charge in [0.25, 0.3) is 5.91 Å². The highest BCUT2D eigenvalue weighted by atomic mass is 16.5. The molecule has 0 radical (unpaired) electrons. The first-order valence-electron chi connectivity index (χ1n) is 9.24. The summed E-state index contributed by atoms with van der Waals surface area (Å²) in [5.74, 6) is 0.582. The van der Waals surface area contributed by atoms with Gasteiger partial charge in [-0.2, -0.15) is 0 Å². The molecule has 3 rings (SSSR count). The number of anilines is 1. The summed E-state index contributed by atoms with van der Waals surface area (Å²) >= 11 is 0.